The molecule has 2 aliphatic heterocycles. The second-order valence-electron chi connectivity index (χ2n) is 6.84. The number of piperazine rings is 1. The molecule has 1 unspecified atom stereocenters. The van der Waals surface area contributed by atoms with Gasteiger partial charge in [-0.2, -0.15) is 0 Å². The van der Waals surface area contributed by atoms with Gasteiger partial charge in [-0.25, -0.2) is 4.39 Å². The lowest BCUT2D eigenvalue weighted by Gasteiger charge is -2.36. The SMILES string of the molecule is O=C(CCc1ccc2c(c1)OCCO2)N1CCNCC1c1cccc(F)c1. The van der Waals surface area contributed by atoms with Crippen molar-refractivity contribution in [1.82, 2.24) is 10.2 Å². The number of aryl methyl sites for hydroxylation is 1. The van der Waals surface area contributed by atoms with E-state index in [2.05, 4.69) is 5.32 Å². The molecule has 1 N–H and O–H groups in total. The molecule has 0 saturated carbocycles. The molecule has 0 bridgehead atoms. The largest absolute Gasteiger partial charge is 0.486 e. The Hall–Kier alpha value is -2.60. The summed E-state index contributed by atoms with van der Waals surface area (Å²) in [5, 5.41) is 3.30. The molecule has 2 aromatic rings. The molecule has 1 fully saturated rings. The Morgan fingerprint density at radius 3 is 2.85 bits per heavy atom. The smallest absolute Gasteiger partial charge is 0.223 e. The third-order valence-electron chi connectivity index (χ3n) is 5.03. The van der Waals surface area contributed by atoms with Crippen LogP contribution in [0, 0.1) is 5.82 Å². The van der Waals surface area contributed by atoms with Gasteiger partial charge in [0.15, 0.2) is 11.5 Å². The Morgan fingerprint density at radius 2 is 2.00 bits per heavy atom. The number of hydrogen-bond donors (Lipinski definition) is 1. The van der Waals surface area contributed by atoms with E-state index in [1.54, 1.807) is 6.07 Å². The molecule has 0 spiro atoms. The van der Waals surface area contributed by atoms with E-state index in [9.17, 15) is 9.18 Å². The first-order chi connectivity index (χ1) is 13.2. The molecular weight excluding hydrogens is 347 g/mol. The highest BCUT2D eigenvalue weighted by atomic mass is 19.1. The van der Waals surface area contributed by atoms with Crippen LogP contribution in [0.5, 0.6) is 11.5 Å². The Balaban J connectivity index is 1.43. The fourth-order valence-electron chi connectivity index (χ4n) is 3.65. The summed E-state index contributed by atoms with van der Waals surface area (Å²) < 4.78 is 24.8. The van der Waals surface area contributed by atoms with Gasteiger partial charge in [-0.05, 0) is 41.8 Å². The third-order valence-corrected chi connectivity index (χ3v) is 5.03. The number of ether oxygens (including phenoxy) is 2. The molecule has 0 radical (unpaired) electrons. The fourth-order valence-corrected chi connectivity index (χ4v) is 3.65. The van der Waals surface area contributed by atoms with Crippen LogP contribution in [0.2, 0.25) is 0 Å². The monoisotopic (exact) mass is 370 g/mol. The van der Waals surface area contributed by atoms with Gasteiger partial charge in [0.2, 0.25) is 5.91 Å². The molecule has 0 aliphatic carbocycles. The van der Waals surface area contributed by atoms with E-state index >= 15 is 0 Å². The normalized spacial score (nSPS) is 19.0. The minimum atomic E-state index is -0.276. The Morgan fingerprint density at radius 1 is 1.15 bits per heavy atom. The summed E-state index contributed by atoms with van der Waals surface area (Å²) in [6, 6.07) is 12.2. The highest BCUT2D eigenvalue weighted by molar-refractivity contribution is 5.77. The van der Waals surface area contributed by atoms with Crippen molar-refractivity contribution in [2.45, 2.75) is 18.9 Å². The van der Waals surface area contributed by atoms with Crippen molar-refractivity contribution in [2.24, 2.45) is 0 Å². The highest BCUT2D eigenvalue weighted by Crippen LogP contribution is 2.31. The highest BCUT2D eigenvalue weighted by Gasteiger charge is 2.27. The van der Waals surface area contributed by atoms with E-state index in [1.165, 1.54) is 12.1 Å². The number of benzene rings is 2. The molecule has 4 rings (SSSR count). The second-order valence-corrected chi connectivity index (χ2v) is 6.84. The zero-order valence-corrected chi connectivity index (χ0v) is 15.1. The molecule has 2 heterocycles. The Labute approximate surface area is 158 Å². The second kappa shape index (κ2) is 7.96. The van der Waals surface area contributed by atoms with Crippen LogP contribution >= 0.6 is 0 Å². The van der Waals surface area contributed by atoms with Crippen molar-refractivity contribution in [3.63, 3.8) is 0 Å². The van der Waals surface area contributed by atoms with Gasteiger partial charge in [-0.1, -0.05) is 18.2 Å². The zero-order valence-electron chi connectivity index (χ0n) is 15.1. The number of nitrogens with zero attached hydrogens (tertiary/aromatic N) is 1. The molecule has 5 nitrogen and oxygen atoms in total. The van der Waals surface area contributed by atoms with Crippen LogP contribution < -0.4 is 14.8 Å². The Kier molecular flexibility index (Phi) is 5.25. The topological polar surface area (TPSA) is 50.8 Å². The summed E-state index contributed by atoms with van der Waals surface area (Å²) in [6.45, 7) is 3.13. The molecule has 27 heavy (non-hydrogen) atoms. The first-order valence-corrected chi connectivity index (χ1v) is 9.35. The number of amides is 1. The van der Waals surface area contributed by atoms with Crippen molar-refractivity contribution in [3.8, 4) is 11.5 Å². The minimum Gasteiger partial charge on any atom is -0.486 e. The van der Waals surface area contributed by atoms with Gasteiger partial charge in [0.25, 0.3) is 0 Å². The lowest BCUT2D eigenvalue weighted by atomic mass is 10.0. The van der Waals surface area contributed by atoms with Gasteiger partial charge >= 0.3 is 0 Å². The van der Waals surface area contributed by atoms with Crippen molar-refractivity contribution in [2.75, 3.05) is 32.8 Å². The predicted octanol–water partition coefficient (Wildman–Crippen LogP) is 2.70. The van der Waals surface area contributed by atoms with Gasteiger partial charge in [0, 0.05) is 26.1 Å². The third kappa shape index (κ3) is 4.06. The molecule has 1 saturated heterocycles. The number of carbonyl (C=O) groups is 1. The summed E-state index contributed by atoms with van der Waals surface area (Å²) in [5.41, 5.74) is 1.87. The van der Waals surface area contributed by atoms with Crippen LogP contribution in [0.25, 0.3) is 0 Å². The molecule has 142 valence electrons. The summed E-state index contributed by atoms with van der Waals surface area (Å²) >= 11 is 0. The van der Waals surface area contributed by atoms with Crippen molar-refractivity contribution < 1.29 is 18.7 Å². The Bertz CT molecular complexity index is 827. The van der Waals surface area contributed by atoms with Crippen LogP contribution in [-0.4, -0.2) is 43.7 Å². The first kappa shape index (κ1) is 17.8. The average Bonchev–Trinajstić information content (AvgIpc) is 2.72. The number of fused-ring (bicyclic) bond motifs is 1. The van der Waals surface area contributed by atoms with Gasteiger partial charge in [0.05, 0.1) is 6.04 Å². The lowest BCUT2D eigenvalue weighted by Crippen LogP contribution is -2.48. The van der Waals surface area contributed by atoms with Crippen molar-refractivity contribution in [3.05, 3.63) is 59.4 Å². The van der Waals surface area contributed by atoms with Gasteiger partial charge in [0.1, 0.15) is 19.0 Å². The molecule has 6 heteroatoms. The number of hydrogen-bond acceptors (Lipinski definition) is 4. The van der Waals surface area contributed by atoms with Gasteiger partial charge < -0.3 is 19.7 Å². The van der Waals surface area contributed by atoms with Crippen LogP contribution in [0.15, 0.2) is 42.5 Å². The van der Waals surface area contributed by atoms with E-state index in [4.69, 9.17) is 9.47 Å². The number of rotatable bonds is 4. The van der Waals surface area contributed by atoms with Crippen LogP contribution in [0.4, 0.5) is 4.39 Å². The van der Waals surface area contributed by atoms with E-state index in [-0.39, 0.29) is 17.8 Å². The standard InChI is InChI=1S/C21H23FN2O3/c22-17-3-1-2-16(13-17)18-14-23-8-9-24(18)21(25)7-5-15-4-6-19-20(12-15)27-11-10-26-19/h1-4,6,12-13,18,23H,5,7-11,14H2. The maximum Gasteiger partial charge on any atom is 0.223 e. The van der Waals surface area contributed by atoms with Crippen LogP contribution in [0.1, 0.15) is 23.6 Å². The van der Waals surface area contributed by atoms with Gasteiger partial charge in [-0.15, -0.1) is 0 Å². The fraction of sp³-hybridized carbons (Fsp3) is 0.381. The predicted molar refractivity (Wildman–Crippen MR) is 99.5 cm³/mol. The quantitative estimate of drug-likeness (QED) is 0.899. The summed E-state index contributed by atoms with van der Waals surface area (Å²) in [5.74, 6) is 1.30. The maximum absolute atomic E-state index is 13.6. The average molecular weight is 370 g/mol. The van der Waals surface area contributed by atoms with Gasteiger partial charge in [-0.3, -0.25) is 4.79 Å². The number of halogens is 1. The molecular formula is C21H23FN2O3. The van der Waals surface area contributed by atoms with E-state index in [0.29, 0.717) is 39.1 Å². The van der Waals surface area contributed by atoms with Crippen molar-refractivity contribution >= 4 is 5.91 Å². The van der Waals surface area contributed by atoms with Crippen LogP contribution in [-0.2, 0) is 11.2 Å². The number of carbonyl (C=O) groups excluding carboxylic acids is 1. The maximum atomic E-state index is 13.6. The zero-order chi connectivity index (χ0) is 18.6. The van der Waals surface area contributed by atoms with Crippen molar-refractivity contribution in [1.29, 1.82) is 0 Å². The molecule has 1 atom stereocenters. The van der Waals surface area contributed by atoms with Crippen LogP contribution in [0.3, 0.4) is 0 Å². The minimum absolute atomic E-state index is 0.0839. The van der Waals surface area contributed by atoms with E-state index in [0.717, 1.165) is 29.2 Å². The molecule has 2 aliphatic rings. The first-order valence-electron chi connectivity index (χ1n) is 9.35. The van der Waals surface area contributed by atoms with E-state index in [1.807, 2.05) is 29.2 Å². The lowest BCUT2D eigenvalue weighted by molar-refractivity contribution is -0.134. The molecule has 0 aromatic heterocycles. The van der Waals surface area contributed by atoms with E-state index < -0.39 is 0 Å². The number of nitrogens with one attached hydrogen (secondary N) is 1. The molecule has 1 amide bonds. The summed E-state index contributed by atoms with van der Waals surface area (Å²) in [7, 11) is 0. The molecule has 2 aromatic carbocycles. The summed E-state index contributed by atoms with van der Waals surface area (Å²) in [4.78, 5) is 14.7. The summed E-state index contributed by atoms with van der Waals surface area (Å²) in [6.07, 6.45) is 1.04.